The highest BCUT2D eigenvalue weighted by Crippen LogP contribution is 2.31. The molecule has 0 atom stereocenters. The van der Waals surface area contributed by atoms with Crippen LogP contribution in [0.15, 0.2) is 48.7 Å². The Kier molecular flexibility index (Phi) is 4.31. The highest BCUT2D eigenvalue weighted by molar-refractivity contribution is 5.97. The van der Waals surface area contributed by atoms with E-state index in [0.29, 0.717) is 5.56 Å². The first-order chi connectivity index (χ1) is 12.7. The second-order valence-corrected chi connectivity index (χ2v) is 6.70. The quantitative estimate of drug-likeness (QED) is 0.765. The van der Waals surface area contributed by atoms with Crippen molar-refractivity contribution in [1.29, 1.82) is 0 Å². The van der Waals surface area contributed by atoms with Gasteiger partial charge in [-0.2, -0.15) is 0 Å². The van der Waals surface area contributed by atoms with E-state index in [2.05, 4.69) is 39.4 Å². The van der Waals surface area contributed by atoms with Crippen LogP contribution >= 0.6 is 0 Å². The molecule has 4 rings (SSSR count). The number of pyridine rings is 1. The van der Waals surface area contributed by atoms with Gasteiger partial charge in [-0.25, -0.2) is 4.98 Å². The molecule has 0 bridgehead atoms. The smallest absolute Gasteiger partial charge is 0.251 e. The molecule has 5 nitrogen and oxygen atoms in total. The first-order valence-electron chi connectivity index (χ1n) is 8.84. The van der Waals surface area contributed by atoms with E-state index in [-0.39, 0.29) is 5.91 Å². The topological polar surface area (TPSA) is 61.0 Å². The maximum atomic E-state index is 11.7. The van der Waals surface area contributed by atoms with E-state index in [0.717, 1.165) is 47.4 Å². The Hall–Kier alpha value is -2.92. The summed E-state index contributed by atoms with van der Waals surface area (Å²) >= 11 is 0. The van der Waals surface area contributed by atoms with E-state index < -0.39 is 0 Å². The van der Waals surface area contributed by atoms with Gasteiger partial charge < -0.3 is 15.2 Å². The summed E-state index contributed by atoms with van der Waals surface area (Å²) in [6, 6.07) is 11.9. The second-order valence-electron chi connectivity index (χ2n) is 6.70. The number of likely N-dealkylation sites (N-methyl/N-ethyl adjacent to an activating group) is 1. The van der Waals surface area contributed by atoms with Crippen LogP contribution in [0, 0.1) is 0 Å². The van der Waals surface area contributed by atoms with Gasteiger partial charge in [-0.3, -0.25) is 4.79 Å². The van der Waals surface area contributed by atoms with Crippen LogP contribution in [0.25, 0.3) is 27.7 Å². The van der Waals surface area contributed by atoms with Gasteiger partial charge in [0, 0.05) is 43.0 Å². The van der Waals surface area contributed by atoms with Gasteiger partial charge in [-0.1, -0.05) is 18.2 Å². The molecule has 1 aliphatic heterocycles. The lowest BCUT2D eigenvalue weighted by Gasteiger charge is -2.21. The standard InChI is InChI=1S/C21H22N4O/c1-22-21(26)16-5-3-14(4-6-16)17-7-10-23-20-18(17)13-19(24-20)15-8-11-25(2)12-9-15/h3-8,10,13H,9,11-12H2,1-2H3,(H,22,26)(H,23,24). The van der Waals surface area contributed by atoms with Crippen molar-refractivity contribution in [2.24, 2.45) is 0 Å². The average Bonchev–Trinajstić information content (AvgIpc) is 3.12. The fourth-order valence-corrected chi connectivity index (χ4v) is 3.41. The van der Waals surface area contributed by atoms with Crippen LogP contribution in [0.2, 0.25) is 0 Å². The molecule has 26 heavy (non-hydrogen) atoms. The van der Waals surface area contributed by atoms with Gasteiger partial charge in [0.15, 0.2) is 0 Å². The van der Waals surface area contributed by atoms with Crippen molar-refractivity contribution in [2.45, 2.75) is 6.42 Å². The van der Waals surface area contributed by atoms with Crippen molar-refractivity contribution < 1.29 is 4.79 Å². The van der Waals surface area contributed by atoms with Crippen molar-refractivity contribution in [3.05, 3.63) is 59.9 Å². The van der Waals surface area contributed by atoms with E-state index in [1.807, 2.05) is 36.5 Å². The van der Waals surface area contributed by atoms with Crippen LogP contribution in [-0.4, -0.2) is 48.0 Å². The number of amides is 1. The SMILES string of the molecule is CNC(=O)c1ccc(-c2ccnc3[nH]c(C4=CCN(C)CC4)cc23)cc1. The van der Waals surface area contributed by atoms with E-state index >= 15 is 0 Å². The molecule has 0 aliphatic carbocycles. The van der Waals surface area contributed by atoms with Crippen LogP contribution in [-0.2, 0) is 0 Å². The molecule has 0 saturated carbocycles. The highest BCUT2D eigenvalue weighted by Gasteiger charge is 2.14. The van der Waals surface area contributed by atoms with Gasteiger partial charge in [0.2, 0.25) is 0 Å². The number of fused-ring (bicyclic) bond motifs is 1. The van der Waals surface area contributed by atoms with Crippen molar-refractivity contribution in [3.8, 4) is 11.1 Å². The number of nitrogens with zero attached hydrogens (tertiary/aromatic N) is 2. The first kappa shape index (κ1) is 16.5. The molecule has 2 N–H and O–H groups in total. The van der Waals surface area contributed by atoms with Crippen LogP contribution in [0.5, 0.6) is 0 Å². The first-order valence-corrected chi connectivity index (χ1v) is 8.84. The number of aromatic amines is 1. The predicted molar refractivity (Wildman–Crippen MR) is 105 cm³/mol. The summed E-state index contributed by atoms with van der Waals surface area (Å²) in [5, 5.41) is 3.76. The minimum atomic E-state index is -0.0745. The highest BCUT2D eigenvalue weighted by atomic mass is 16.1. The van der Waals surface area contributed by atoms with E-state index in [1.54, 1.807) is 7.05 Å². The summed E-state index contributed by atoms with van der Waals surface area (Å²) in [5.74, 6) is -0.0745. The molecule has 1 aliphatic rings. The number of rotatable bonds is 3. The third-order valence-corrected chi connectivity index (χ3v) is 4.98. The predicted octanol–water partition coefficient (Wildman–Crippen LogP) is 3.31. The molecule has 2 aromatic heterocycles. The summed E-state index contributed by atoms with van der Waals surface area (Å²) in [6.45, 7) is 2.05. The number of aromatic nitrogens is 2. The Morgan fingerprint density at radius 2 is 2.04 bits per heavy atom. The van der Waals surface area contributed by atoms with E-state index in [9.17, 15) is 4.79 Å². The molecule has 5 heteroatoms. The van der Waals surface area contributed by atoms with Gasteiger partial charge in [-0.15, -0.1) is 0 Å². The largest absolute Gasteiger partial charge is 0.355 e. The summed E-state index contributed by atoms with van der Waals surface area (Å²) in [6.07, 6.45) is 5.15. The number of carbonyl (C=O) groups excluding carboxylic acids is 1. The second kappa shape index (κ2) is 6.77. The number of hydrogen-bond acceptors (Lipinski definition) is 3. The van der Waals surface area contributed by atoms with Crippen molar-refractivity contribution in [1.82, 2.24) is 20.2 Å². The number of H-pyrrole nitrogens is 1. The zero-order valence-corrected chi connectivity index (χ0v) is 15.0. The Morgan fingerprint density at radius 1 is 1.23 bits per heavy atom. The minimum absolute atomic E-state index is 0.0745. The molecule has 3 heterocycles. The molecule has 3 aromatic rings. The summed E-state index contributed by atoms with van der Waals surface area (Å²) in [7, 11) is 3.78. The molecular weight excluding hydrogens is 324 g/mol. The lowest BCUT2D eigenvalue weighted by Crippen LogP contribution is -2.23. The maximum absolute atomic E-state index is 11.7. The number of carbonyl (C=O) groups is 1. The Labute approximate surface area is 152 Å². The summed E-state index contributed by atoms with van der Waals surface area (Å²) < 4.78 is 0. The maximum Gasteiger partial charge on any atom is 0.251 e. The summed E-state index contributed by atoms with van der Waals surface area (Å²) in [5.41, 5.74) is 6.25. The third-order valence-electron chi connectivity index (χ3n) is 4.98. The van der Waals surface area contributed by atoms with Gasteiger partial charge in [0.1, 0.15) is 5.65 Å². The lowest BCUT2D eigenvalue weighted by atomic mass is 10.0. The zero-order valence-electron chi connectivity index (χ0n) is 15.0. The molecule has 1 amide bonds. The Balaban J connectivity index is 1.73. The molecular formula is C21H22N4O. The molecule has 0 spiro atoms. The number of hydrogen-bond donors (Lipinski definition) is 2. The van der Waals surface area contributed by atoms with Crippen molar-refractivity contribution >= 4 is 22.5 Å². The fourth-order valence-electron chi connectivity index (χ4n) is 3.41. The Morgan fingerprint density at radius 3 is 2.73 bits per heavy atom. The van der Waals surface area contributed by atoms with Crippen LogP contribution < -0.4 is 5.32 Å². The fraction of sp³-hybridized carbons (Fsp3) is 0.238. The van der Waals surface area contributed by atoms with Gasteiger partial charge in [0.25, 0.3) is 5.91 Å². The van der Waals surface area contributed by atoms with E-state index in [1.165, 1.54) is 5.57 Å². The van der Waals surface area contributed by atoms with Crippen molar-refractivity contribution in [3.63, 3.8) is 0 Å². The number of benzene rings is 1. The average molecular weight is 346 g/mol. The van der Waals surface area contributed by atoms with Gasteiger partial charge in [-0.05, 0) is 54.4 Å². The van der Waals surface area contributed by atoms with Crippen LogP contribution in [0.1, 0.15) is 22.5 Å². The molecule has 132 valence electrons. The lowest BCUT2D eigenvalue weighted by molar-refractivity contribution is 0.0963. The third kappa shape index (κ3) is 3.02. The molecule has 0 unspecified atom stereocenters. The van der Waals surface area contributed by atoms with E-state index in [4.69, 9.17) is 0 Å². The van der Waals surface area contributed by atoms with Crippen LogP contribution in [0.3, 0.4) is 0 Å². The van der Waals surface area contributed by atoms with Gasteiger partial charge >= 0.3 is 0 Å². The number of nitrogens with one attached hydrogen (secondary N) is 2. The normalized spacial score (nSPS) is 15.1. The van der Waals surface area contributed by atoms with Gasteiger partial charge in [0.05, 0.1) is 0 Å². The minimum Gasteiger partial charge on any atom is -0.355 e. The molecule has 1 aromatic carbocycles. The monoisotopic (exact) mass is 346 g/mol. The zero-order chi connectivity index (χ0) is 18.1. The summed E-state index contributed by atoms with van der Waals surface area (Å²) in [4.78, 5) is 22.0. The Bertz CT molecular complexity index is 985. The molecule has 0 fully saturated rings. The van der Waals surface area contributed by atoms with Crippen molar-refractivity contribution in [2.75, 3.05) is 27.2 Å². The molecule has 0 radical (unpaired) electrons. The molecule has 0 saturated heterocycles. The van der Waals surface area contributed by atoms with Crippen LogP contribution in [0.4, 0.5) is 0 Å².